The highest BCUT2D eigenvalue weighted by molar-refractivity contribution is 5.93. The van der Waals surface area contributed by atoms with Crippen LogP contribution in [-0.4, -0.2) is 5.91 Å². The Morgan fingerprint density at radius 2 is 1.95 bits per heavy atom. The molecule has 21 heavy (non-hydrogen) atoms. The number of anilines is 1. The number of fused-ring (bicyclic) bond motifs is 1. The van der Waals surface area contributed by atoms with Crippen LogP contribution >= 0.6 is 0 Å². The lowest BCUT2D eigenvalue weighted by Crippen LogP contribution is -2.21. The van der Waals surface area contributed by atoms with Gasteiger partial charge >= 0.3 is 0 Å². The molecule has 1 unspecified atom stereocenters. The summed E-state index contributed by atoms with van der Waals surface area (Å²) in [5, 5.41) is 2.70. The number of carbonyl (C=O) groups is 1. The Morgan fingerprint density at radius 3 is 2.71 bits per heavy atom. The number of nitrogens with two attached hydrogens (primary N) is 1. The number of nitrogens with one attached hydrogen (secondary N) is 1. The van der Waals surface area contributed by atoms with Gasteiger partial charge in [0, 0.05) is 17.7 Å². The quantitative estimate of drug-likeness (QED) is 0.890. The third-order valence-corrected chi connectivity index (χ3v) is 3.98. The average Bonchev–Trinajstić information content (AvgIpc) is 2.46. The normalized spacial score (nSPS) is 15.3. The molecule has 108 valence electrons. The number of hydrogen-bond donors (Lipinski definition) is 2. The average molecular weight is 284 g/mol. The molecule has 0 fully saturated rings. The Labute approximate surface area is 123 Å². The highest BCUT2D eigenvalue weighted by Crippen LogP contribution is 2.31. The zero-order valence-electron chi connectivity index (χ0n) is 11.8. The number of hydrogen-bond acceptors (Lipinski definition) is 2. The molecule has 0 aromatic heterocycles. The standard InChI is InChI=1S/C17H17FN2O/c1-10-4-2-3-5-12(10)17(19)13-8-11-6-7-16(21)20-15(11)9-14(13)18/h2-5,8-9,17H,6-7,19H2,1H3,(H,20,21). The van der Waals surface area contributed by atoms with Gasteiger partial charge in [0.15, 0.2) is 0 Å². The highest BCUT2D eigenvalue weighted by Gasteiger charge is 2.21. The van der Waals surface area contributed by atoms with Gasteiger partial charge in [0.05, 0.1) is 6.04 Å². The van der Waals surface area contributed by atoms with Crippen LogP contribution < -0.4 is 11.1 Å². The smallest absolute Gasteiger partial charge is 0.224 e. The summed E-state index contributed by atoms with van der Waals surface area (Å²) in [6.45, 7) is 1.96. The lowest BCUT2D eigenvalue weighted by molar-refractivity contribution is -0.116. The van der Waals surface area contributed by atoms with Crippen molar-refractivity contribution in [2.24, 2.45) is 5.73 Å². The molecule has 3 N–H and O–H groups in total. The van der Waals surface area contributed by atoms with Crippen LogP contribution in [0, 0.1) is 12.7 Å². The van der Waals surface area contributed by atoms with E-state index in [0.29, 0.717) is 24.1 Å². The second kappa shape index (κ2) is 5.30. The molecule has 2 aromatic carbocycles. The fourth-order valence-electron chi connectivity index (χ4n) is 2.76. The Bertz CT molecular complexity index is 712. The topological polar surface area (TPSA) is 55.1 Å². The Morgan fingerprint density at radius 1 is 1.19 bits per heavy atom. The van der Waals surface area contributed by atoms with Crippen LogP contribution in [0.3, 0.4) is 0 Å². The first-order valence-corrected chi connectivity index (χ1v) is 6.99. The second-order valence-corrected chi connectivity index (χ2v) is 5.41. The molecule has 0 radical (unpaired) electrons. The summed E-state index contributed by atoms with van der Waals surface area (Å²) in [7, 11) is 0. The number of aryl methyl sites for hydroxylation is 2. The lowest BCUT2D eigenvalue weighted by atomic mass is 9.92. The zero-order valence-corrected chi connectivity index (χ0v) is 11.8. The predicted octanol–water partition coefficient (Wildman–Crippen LogP) is 3.07. The first-order valence-electron chi connectivity index (χ1n) is 6.99. The van der Waals surface area contributed by atoms with Crippen LogP contribution in [0.4, 0.5) is 10.1 Å². The molecule has 2 aromatic rings. The van der Waals surface area contributed by atoms with Crippen LogP contribution in [0.15, 0.2) is 36.4 Å². The van der Waals surface area contributed by atoms with Gasteiger partial charge in [0.1, 0.15) is 5.82 Å². The summed E-state index contributed by atoms with van der Waals surface area (Å²) < 4.78 is 14.3. The number of benzene rings is 2. The molecular formula is C17H17FN2O. The van der Waals surface area contributed by atoms with E-state index in [9.17, 15) is 9.18 Å². The molecule has 3 nitrogen and oxygen atoms in total. The zero-order chi connectivity index (χ0) is 15.0. The highest BCUT2D eigenvalue weighted by atomic mass is 19.1. The van der Waals surface area contributed by atoms with Crippen LogP contribution in [0.2, 0.25) is 0 Å². The maximum Gasteiger partial charge on any atom is 0.224 e. The Kier molecular flexibility index (Phi) is 3.47. The van der Waals surface area contributed by atoms with E-state index in [2.05, 4.69) is 5.32 Å². The van der Waals surface area contributed by atoms with Gasteiger partial charge in [-0.25, -0.2) is 4.39 Å². The van der Waals surface area contributed by atoms with Crippen molar-refractivity contribution in [3.63, 3.8) is 0 Å². The molecule has 3 rings (SSSR count). The molecule has 0 aliphatic carbocycles. The SMILES string of the molecule is Cc1ccccc1C(N)c1cc2c(cc1F)NC(=O)CC2. The fraction of sp³-hybridized carbons (Fsp3) is 0.235. The van der Waals surface area contributed by atoms with Gasteiger partial charge in [-0.15, -0.1) is 0 Å². The van der Waals surface area contributed by atoms with Crippen molar-refractivity contribution in [3.8, 4) is 0 Å². The summed E-state index contributed by atoms with van der Waals surface area (Å²) >= 11 is 0. The summed E-state index contributed by atoms with van der Waals surface area (Å²) in [4.78, 5) is 11.4. The van der Waals surface area contributed by atoms with E-state index in [1.807, 2.05) is 31.2 Å². The van der Waals surface area contributed by atoms with Crippen LogP contribution in [0.25, 0.3) is 0 Å². The summed E-state index contributed by atoms with van der Waals surface area (Å²) in [6.07, 6.45) is 1.05. The molecule has 1 heterocycles. The van der Waals surface area contributed by atoms with Gasteiger partial charge in [0.25, 0.3) is 0 Å². The van der Waals surface area contributed by atoms with Crippen LogP contribution in [0.1, 0.15) is 34.7 Å². The third kappa shape index (κ3) is 2.54. The monoisotopic (exact) mass is 284 g/mol. The van der Waals surface area contributed by atoms with Crippen molar-refractivity contribution in [1.29, 1.82) is 0 Å². The minimum absolute atomic E-state index is 0.0714. The van der Waals surface area contributed by atoms with E-state index < -0.39 is 6.04 Å². The van der Waals surface area contributed by atoms with Crippen molar-refractivity contribution in [2.75, 3.05) is 5.32 Å². The van der Waals surface area contributed by atoms with E-state index >= 15 is 0 Å². The van der Waals surface area contributed by atoms with Crippen molar-refractivity contribution in [3.05, 3.63) is 64.5 Å². The largest absolute Gasteiger partial charge is 0.326 e. The molecule has 1 atom stereocenters. The minimum atomic E-state index is -0.505. The van der Waals surface area contributed by atoms with Gasteiger partial charge in [0.2, 0.25) is 5.91 Å². The molecule has 4 heteroatoms. The molecular weight excluding hydrogens is 267 g/mol. The fourth-order valence-corrected chi connectivity index (χ4v) is 2.76. The van der Waals surface area contributed by atoms with Crippen LogP contribution in [0.5, 0.6) is 0 Å². The lowest BCUT2D eigenvalue weighted by Gasteiger charge is -2.21. The maximum absolute atomic E-state index is 14.3. The van der Waals surface area contributed by atoms with Crippen molar-refractivity contribution < 1.29 is 9.18 Å². The van der Waals surface area contributed by atoms with Gasteiger partial charge in [-0.2, -0.15) is 0 Å². The van der Waals surface area contributed by atoms with Gasteiger partial charge in [-0.3, -0.25) is 4.79 Å². The number of amides is 1. The van der Waals surface area contributed by atoms with Crippen LogP contribution in [-0.2, 0) is 11.2 Å². The minimum Gasteiger partial charge on any atom is -0.326 e. The second-order valence-electron chi connectivity index (χ2n) is 5.41. The van der Waals surface area contributed by atoms with E-state index in [1.165, 1.54) is 6.07 Å². The van der Waals surface area contributed by atoms with E-state index in [4.69, 9.17) is 5.73 Å². The Balaban J connectivity index is 2.03. The van der Waals surface area contributed by atoms with E-state index in [0.717, 1.165) is 16.7 Å². The molecule has 0 saturated carbocycles. The first kappa shape index (κ1) is 13.8. The molecule has 0 saturated heterocycles. The van der Waals surface area contributed by atoms with Crippen molar-refractivity contribution in [1.82, 2.24) is 0 Å². The first-order chi connectivity index (χ1) is 10.1. The van der Waals surface area contributed by atoms with Crippen molar-refractivity contribution >= 4 is 11.6 Å². The molecule has 1 aliphatic heterocycles. The van der Waals surface area contributed by atoms with E-state index in [1.54, 1.807) is 6.07 Å². The molecule has 1 amide bonds. The third-order valence-electron chi connectivity index (χ3n) is 3.98. The summed E-state index contributed by atoms with van der Waals surface area (Å²) in [5.74, 6) is -0.454. The predicted molar refractivity (Wildman–Crippen MR) is 80.6 cm³/mol. The van der Waals surface area contributed by atoms with E-state index in [-0.39, 0.29) is 11.7 Å². The summed E-state index contributed by atoms with van der Waals surface area (Å²) in [5.41, 5.74) is 10.2. The van der Waals surface area contributed by atoms with Gasteiger partial charge < -0.3 is 11.1 Å². The van der Waals surface area contributed by atoms with Gasteiger partial charge in [-0.05, 0) is 42.2 Å². The number of halogens is 1. The Hall–Kier alpha value is -2.20. The molecule has 0 spiro atoms. The molecule has 1 aliphatic rings. The van der Waals surface area contributed by atoms with Crippen molar-refractivity contribution in [2.45, 2.75) is 25.8 Å². The molecule has 0 bridgehead atoms. The van der Waals surface area contributed by atoms with Gasteiger partial charge in [-0.1, -0.05) is 24.3 Å². The number of carbonyl (C=O) groups excluding carboxylic acids is 1. The maximum atomic E-state index is 14.3. The summed E-state index contributed by atoms with van der Waals surface area (Å²) in [6, 6.07) is 10.4. The number of rotatable bonds is 2.